The number of carbonyl (C=O) groups excluding carboxylic acids is 1. The molecule has 1 aliphatic rings. The largest absolute Gasteiger partial charge is 0.382 e. The Morgan fingerprint density at radius 3 is 2.50 bits per heavy atom. The summed E-state index contributed by atoms with van der Waals surface area (Å²) in [5, 5.41) is 3.32. The molecule has 1 aliphatic carbocycles. The molecule has 0 aromatic heterocycles. The second-order valence-electron chi connectivity index (χ2n) is 5.38. The number of ether oxygens (including phenoxy) is 1. The molecule has 18 heavy (non-hydrogen) atoms. The number of nitrogens with zero attached hydrogens (tertiary/aromatic N) is 1. The van der Waals surface area contributed by atoms with E-state index in [1.165, 1.54) is 12.8 Å². The Hall–Kier alpha value is -0.610. The number of hydrogen-bond donors (Lipinski definition) is 1. The maximum Gasteiger partial charge on any atom is 0.222 e. The molecule has 1 rings (SSSR count). The van der Waals surface area contributed by atoms with Gasteiger partial charge in [0.15, 0.2) is 0 Å². The van der Waals surface area contributed by atoms with Crippen LogP contribution < -0.4 is 5.32 Å². The van der Waals surface area contributed by atoms with Crippen LogP contribution >= 0.6 is 0 Å². The van der Waals surface area contributed by atoms with Gasteiger partial charge in [0.2, 0.25) is 5.91 Å². The molecule has 1 fully saturated rings. The second kappa shape index (κ2) is 7.74. The van der Waals surface area contributed by atoms with Crippen molar-refractivity contribution in [3.63, 3.8) is 0 Å². The van der Waals surface area contributed by atoms with E-state index in [4.69, 9.17) is 4.74 Å². The molecule has 106 valence electrons. The van der Waals surface area contributed by atoms with Crippen LogP contribution in [-0.2, 0) is 9.53 Å². The summed E-state index contributed by atoms with van der Waals surface area (Å²) in [5.41, 5.74) is 0. The Balaban J connectivity index is 2.31. The van der Waals surface area contributed by atoms with Gasteiger partial charge in [0.05, 0.1) is 6.10 Å². The molecular weight excluding hydrogens is 228 g/mol. The van der Waals surface area contributed by atoms with Gasteiger partial charge in [-0.1, -0.05) is 0 Å². The predicted octanol–water partition coefficient (Wildman–Crippen LogP) is 1.79. The number of carbonyl (C=O) groups is 1. The zero-order valence-electron chi connectivity index (χ0n) is 12.2. The monoisotopic (exact) mass is 256 g/mol. The third-order valence-corrected chi connectivity index (χ3v) is 4.21. The minimum Gasteiger partial charge on any atom is -0.382 e. The van der Waals surface area contributed by atoms with Crippen molar-refractivity contribution in [1.29, 1.82) is 0 Å². The first kappa shape index (κ1) is 15.4. The van der Waals surface area contributed by atoms with Gasteiger partial charge >= 0.3 is 0 Å². The molecule has 1 saturated carbocycles. The molecule has 1 amide bonds. The van der Waals surface area contributed by atoms with Crippen molar-refractivity contribution in [3.05, 3.63) is 0 Å². The minimum atomic E-state index is 0.169. The third-order valence-electron chi connectivity index (χ3n) is 4.21. The van der Waals surface area contributed by atoms with Crippen LogP contribution in [0.4, 0.5) is 0 Å². The zero-order valence-corrected chi connectivity index (χ0v) is 12.2. The van der Waals surface area contributed by atoms with Crippen LogP contribution in [0.1, 0.15) is 45.4 Å². The molecule has 0 spiro atoms. The summed E-state index contributed by atoms with van der Waals surface area (Å²) in [6.07, 6.45) is 6.16. The molecule has 0 aliphatic heterocycles. The maximum absolute atomic E-state index is 12.1. The topological polar surface area (TPSA) is 41.6 Å². The van der Waals surface area contributed by atoms with Crippen molar-refractivity contribution < 1.29 is 9.53 Å². The normalized spacial score (nSPS) is 25.8. The molecule has 0 saturated heterocycles. The number of nitrogens with one attached hydrogen (secondary N) is 1. The molecule has 0 heterocycles. The summed E-state index contributed by atoms with van der Waals surface area (Å²) in [4.78, 5) is 14.0. The summed E-state index contributed by atoms with van der Waals surface area (Å²) >= 11 is 0. The fourth-order valence-corrected chi connectivity index (χ4v) is 2.58. The van der Waals surface area contributed by atoms with Crippen LogP contribution in [0.15, 0.2) is 0 Å². The SMILES string of the molecule is CNC1CCC(N(C)C(=O)CCC(C)OC)CC1. The smallest absolute Gasteiger partial charge is 0.222 e. The average Bonchev–Trinajstić information content (AvgIpc) is 2.43. The third kappa shape index (κ3) is 4.58. The highest BCUT2D eigenvalue weighted by atomic mass is 16.5. The molecule has 0 aromatic carbocycles. The molecule has 1 unspecified atom stereocenters. The Bertz CT molecular complexity index is 250. The van der Waals surface area contributed by atoms with Crippen LogP contribution in [-0.4, -0.2) is 50.2 Å². The van der Waals surface area contributed by atoms with E-state index in [1.54, 1.807) is 7.11 Å². The van der Waals surface area contributed by atoms with Crippen molar-refractivity contribution in [3.8, 4) is 0 Å². The van der Waals surface area contributed by atoms with Gasteiger partial charge in [0.1, 0.15) is 0 Å². The molecule has 4 heteroatoms. The van der Waals surface area contributed by atoms with E-state index in [0.29, 0.717) is 18.5 Å². The molecular formula is C14H28N2O2. The van der Waals surface area contributed by atoms with Crippen molar-refractivity contribution in [2.45, 2.75) is 63.6 Å². The van der Waals surface area contributed by atoms with E-state index >= 15 is 0 Å². The average molecular weight is 256 g/mol. The van der Waals surface area contributed by atoms with E-state index in [0.717, 1.165) is 19.3 Å². The Morgan fingerprint density at radius 2 is 2.00 bits per heavy atom. The fraction of sp³-hybridized carbons (Fsp3) is 0.929. The first-order chi connectivity index (χ1) is 8.58. The van der Waals surface area contributed by atoms with E-state index < -0.39 is 0 Å². The van der Waals surface area contributed by atoms with E-state index in [9.17, 15) is 4.79 Å². The van der Waals surface area contributed by atoms with Gasteiger partial charge < -0.3 is 15.0 Å². The first-order valence-corrected chi connectivity index (χ1v) is 7.04. The van der Waals surface area contributed by atoms with Crippen molar-refractivity contribution in [1.82, 2.24) is 10.2 Å². The van der Waals surface area contributed by atoms with Gasteiger partial charge in [-0.15, -0.1) is 0 Å². The lowest BCUT2D eigenvalue weighted by Crippen LogP contribution is -2.42. The molecule has 4 nitrogen and oxygen atoms in total. The highest BCUT2D eigenvalue weighted by Crippen LogP contribution is 2.22. The van der Waals surface area contributed by atoms with E-state index in [1.807, 2.05) is 25.9 Å². The van der Waals surface area contributed by atoms with Gasteiger partial charge in [-0.2, -0.15) is 0 Å². The second-order valence-corrected chi connectivity index (χ2v) is 5.38. The summed E-state index contributed by atoms with van der Waals surface area (Å²) < 4.78 is 5.18. The van der Waals surface area contributed by atoms with E-state index in [-0.39, 0.29) is 12.0 Å². The molecule has 0 bridgehead atoms. The van der Waals surface area contributed by atoms with Crippen LogP contribution in [0.3, 0.4) is 0 Å². The fourth-order valence-electron chi connectivity index (χ4n) is 2.58. The van der Waals surface area contributed by atoms with Gasteiger partial charge in [0.25, 0.3) is 0 Å². The molecule has 1 N–H and O–H groups in total. The van der Waals surface area contributed by atoms with Gasteiger partial charge in [-0.25, -0.2) is 0 Å². The zero-order chi connectivity index (χ0) is 13.5. The Morgan fingerprint density at radius 1 is 1.39 bits per heavy atom. The van der Waals surface area contributed by atoms with E-state index in [2.05, 4.69) is 5.32 Å². The number of hydrogen-bond acceptors (Lipinski definition) is 3. The highest BCUT2D eigenvalue weighted by Gasteiger charge is 2.25. The number of amides is 1. The highest BCUT2D eigenvalue weighted by molar-refractivity contribution is 5.76. The van der Waals surface area contributed by atoms with Crippen LogP contribution in [0.2, 0.25) is 0 Å². The van der Waals surface area contributed by atoms with Crippen LogP contribution in [0, 0.1) is 0 Å². The lowest BCUT2D eigenvalue weighted by molar-refractivity contribution is -0.133. The number of methoxy groups -OCH3 is 1. The lowest BCUT2D eigenvalue weighted by atomic mass is 9.90. The summed E-state index contributed by atoms with van der Waals surface area (Å²) in [6, 6.07) is 1.07. The predicted molar refractivity (Wildman–Crippen MR) is 73.6 cm³/mol. The lowest BCUT2D eigenvalue weighted by Gasteiger charge is -2.34. The number of rotatable bonds is 6. The van der Waals surface area contributed by atoms with Crippen molar-refractivity contribution in [2.75, 3.05) is 21.2 Å². The summed E-state index contributed by atoms with van der Waals surface area (Å²) in [7, 11) is 5.66. The summed E-state index contributed by atoms with van der Waals surface area (Å²) in [6.45, 7) is 2.01. The molecule has 0 aromatic rings. The maximum atomic E-state index is 12.1. The molecule has 0 radical (unpaired) electrons. The van der Waals surface area contributed by atoms with Crippen molar-refractivity contribution >= 4 is 5.91 Å². The standard InChI is InChI=1S/C14H28N2O2/c1-11(18-4)5-10-14(17)16(3)13-8-6-12(15-2)7-9-13/h11-13,15H,5-10H2,1-4H3. The molecule has 1 atom stereocenters. The van der Waals surface area contributed by atoms with Gasteiger partial charge in [-0.3, -0.25) is 4.79 Å². The van der Waals surface area contributed by atoms with Crippen LogP contribution in [0.5, 0.6) is 0 Å². The van der Waals surface area contributed by atoms with Crippen LogP contribution in [0.25, 0.3) is 0 Å². The van der Waals surface area contributed by atoms with Crippen molar-refractivity contribution in [2.24, 2.45) is 0 Å². The van der Waals surface area contributed by atoms with Gasteiger partial charge in [0, 0.05) is 32.7 Å². The quantitative estimate of drug-likeness (QED) is 0.788. The first-order valence-electron chi connectivity index (χ1n) is 7.04. The minimum absolute atomic E-state index is 0.169. The Kier molecular flexibility index (Phi) is 6.65. The van der Waals surface area contributed by atoms with Gasteiger partial charge in [-0.05, 0) is 46.1 Å². The summed E-state index contributed by atoms with van der Waals surface area (Å²) in [5.74, 6) is 0.256. The Labute approximate surface area is 111 Å².